The fourth-order valence-corrected chi connectivity index (χ4v) is 2.38. The van der Waals surface area contributed by atoms with Gasteiger partial charge in [0, 0.05) is 5.57 Å². The highest BCUT2D eigenvalue weighted by Gasteiger charge is 2.21. The highest BCUT2D eigenvalue weighted by Crippen LogP contribution is 2.30. The van der Waals surface area contributed by atoms with Gasteiger partial charge in [0.25, 0.3) is 0 Å². The molecule has 0 saturated carbocycles. The van der Waals surface area contributed by atoms with Crippen molar-refractivity contribution in [1.29, 1.82) is 5.26 Å². The van der Waals surface area contributed by atoms with Crippen LogP contribution in [-0.4, -0.2) is 12.6 Å². The Morgan fingerprint density at radius 1 is 1.26 bits per heavy atom. The highest BCUT2D eigenvalue weighted by molar-refractivity contribution is 6.05. The van der Waals surface area contributed by atoms with Crippen LogP contribution in [0.25, 0.3) is 5.57 Å². The number of nitriles is 1. The summed E-state index contributed by atoms with van der Waals surface area (Å²) in [6.07, 6.45) is 7.98. The summed E-state index contributed by atoms with van der Waals surface area (Å²) in [5, 5.41) is 9.56. The molecule has 0 bridgehead atoms. The molecule has 0 spiro atoms. The van der Waals surface area contributed by atoms with E-state index in [1.54, 1.807) is 0 Å². The smallest absolute Gasteiger partial charge is 0.349 e. The average Bonchev–Trinajstić information content (AvgIpc) is 2.59. The van der Waals surface area contributed by atoms with Gasteiger partial charge in [0.2, 0.25) is 0 Å². The lowest BCUT2D eigenvalue weighted by Crippen LogP contribution is -2.13. The molecule has 0 aromatic heterocycles. The number of rotatable bonds is 5. The Labute approximate surface area is 137 Å². The fourth-order valence-electron chi connectivity index (χ4n) is 2.38. The molecule has 0 fully saturated rings. The van der Waals surface area contributed by atoms with Gasteiger partial charge in [0.15, 0.2) is 0 Å². The zero-order chi connectivity index (χ0) is 16.7. The van der Waals surface area contributed by atoms with Crippen molar-refractivity contribution in [3.05, 3.63) is 65.3 Å². The van der Waals surface area contributed by atoms with Crippen molar-refractivity contribution in [2.24, 2.45) is 5.92 Å². The van der Waals surface area contributed by atoms with Crippen molar-refractivity contribution in [3.8, 4) is 6.07 Å². The Balaban J connectivity index is 2.49. The van der Waals surface area contributed by atoms with Crippen molar-refractivity contribution in [1.82, 2.24) is 0 Å². The number of hydrogen-bond acceptors (Lipinski definition) is 3. The molecule has 1 aliphatic rings. The maximum atomic E-state index is 12.4. The molecule has 0 amide bonds. The van der Waals surface area contributed by atoms with Gasteiger partial charge in [-0.1, -0.05) is 62.4 Å². The summed E-state index contributed by atoms with van der Waals surface area (Å²) in [7, 11) is 0. The molecular formula is C20H21NO2. The third kappa shape index (κ3) is 4.43. The molecular weight excluding hydrogens is 286 g/mol. The molecule has 0 atom stereocenters. The van der Waals surface area contributed by atoms with Crippen LogP contribution in [0.15, 0.2) is 59.7 Å². The maximum absolute atomic E-state index is 12.4. The Morgan fingerprint density at radius 3 is 2.57 bits per heavy atom. The van der Waals surface area contributed by atoms with E-state index in [1.807, 2.05) is 50.3 Å². The zero-order valence-electron chi connectivity index (χ0n) is 13.6. The molecule has 0 saturated heterocycles. The molecule has 3 nitrogen and oxygen atoms in total. The predicted octanol–water partition coefficient (Wildman–Crippen LogP) is 4.44. The number of carbonyl (C=O) groups is 1. The first-order valence-corrected chi connectivity index (χ1v) is 7.87. The van der Waals surface area contributed by atoms with Crippen LogP contribution in [0.5, 0.6) is 0 Å². The Bertz CT molecular complexity index is 688. The molecule has 2 rings (SSSR count). The molecule has 1 aromatic rings. The number of nitrogens with zero attached hydrogens (tertiary/aromatic N) is 1. The van der Waals surface area contributed by atoms with Crippen LogP contribution >= 0.6 is 0 Å². The zero-order valence-corrected chi connectivity index (χ0v) is 13.6. The summed E-state index contributed by atoms with van der Waals surface area (Å²) in [5.41, 5.74) is 2.47. The van der Waals surface area contributed by atoms with Crippen molar-refractivity contribution in [3.63, 3.8) is 0 Å². The number of allylic oxidation sites excluding steroid dienone is 5. The number of ether oxygens (including phenoxy) is 1. The lowest BCUT2D eigenvalue weighted by atomic mass is 9.90. The van der Waals surface area contributed by atoms with E-state index in [4.69, 9.17) is 4.74 Å². The second-order valence-corrected chi connectivity index (χ2v) is 5.86. The molecule has 3 heteroatoms. The average molecular weight is 307 g/mol. The molecule has 23 heavy (non-hydrogen) atoms. The molecule has 0 unspecified atom stereocenters. The molecule has 1 aromatic carbocycles. The third-order valence-corrected chi connectivity index (χ3v) is 3.46. The maximum Gasteiger partial charge on any atom is 0.349 e. The summed E-state index contributed by atoms with van der Waals surface area (Å²) in [6, 6.07) is 11.6. The molecule has 0 heterocycles. The van der Waals surface area contributed by atoms with Crippen molar-refractivity contribution < 1.29 is 9.53 Å². The lowest BCUT2D eigenvalue weighted by Gasteiger charge is -2.15. The summed E-state index contributed by atoms with van der Waals surface area (Å²) in [5.74, 6) is -0.326. The Kier molecular flexibility index (Phi) is 5.94. The molecule has 0 radical (unpaired) electrons. The van der Waals surface area contributed by atoms with E-state index < -0.39 is 5.97 Å². The summed E-state index contributed by atoms with van der Waals surface area (Å²) >= 11 is 0. The van der Waals surface area contributed by atoms with E-state index in [1.165, 1.54) is 0 Å². The molecule has 0 aliphatic heterocycles. The summed E-state index contributed by atoms with van der Waals surface area (Å²) < 4.78 is 5.28. The second kappa shape index (κ2) is 8.14. The van der Waals surface area contributed by atoms with Gasteiger partial charge in [0.1, 0.15) is 11.6 Å². The van der Waals surface area contributed by atoms with Gasteiger partial charge < -0.3 is 4.74 Å². The normalized spacial score (nSPS) is 14.8. The van der Waals surface area contributed by atoms with Crippen molar-refractivity contribution in [2.75, 3.05) is 6.61 Å². The van der Waals surface area contributed by atoms with Gasteiger partial charge >= 0.3 is 5.97 Å². The van der Waals surface area contributed by atoms with Crippen LogP contribution in [0.2, 0.25) is 0 Å². The monoisotopic (exact) mass is 307 g/mol. The van der Waals surface area contributed by atoms with E-state index in [2.05, 4.69) is 18.2 Å². The van der Waals surface area contributed by atoms with Crippen LogP contribution in [0.4, 0.5) is 0 Å². The number of carbonyl (C=O) groups excluding carboxylic acids is 1. The second-order valence-electron chi connectivity index (χ2n) is 5.86. The van der Waals surface area contributed by atoms with E-state index in [9.17, 15) is 10.1 Å². The first-order valence-electron chi connectivity index (χ1n) is 7.87. The van der Waals surface area contributed by atoms with Crippen LogP contribution in [0.3, 0.4) is 0 Å². The highest BCUT2D eigenvalue weighted by atomic mass is 16.5. The molecule has 118 valence electrons. The minimum atomic E-state index is -0.556. The van der Waals surface area contributed by atoms with Gasteiger partial charge in [-0.2, -0.15) is 5.26 Å². The van der Waals surface area contributed by atoms with Crippen molar-refractivity contribution in [2.45, 2.75) is 26.7 Å². The third-order valence-electron chi connectivity index (χ3n) is 3.46. The van der Waals surface area contributed by atoms with Gasteiger partial charge in [-0.25, -0.2) is 4.79 Å². The summed E-state index contributed by atoms with van der Waals surface area (Å²) in [4.78, 5) is 12.4. The number of esters is 1. The first-order chi connectivity index (χ1) is 11.1. The van der Waals surface area contributed by atoms with E-state index in [0.717, 1.165) is 24.0 Å². The fraction of sp³-hybridized carbons (Fsp3) is 0.300. The topological polar surface area (TPSA) is 50.1 Å². The Morgan fingerprint density at radius 2 is 2.00 bits per heavy atom. The minimum absolute atomic E-state index is 0.0645. The van der Waals surface area contributed by atoms with E-state index >= 15 is 0 Å². The number of benzene rings is 1. The predicted molar refractivity (Wildman–Crippen MR) is 91.2 cm³/mol. The quantitative estimate of drug-likeness (QED) is 0.459. The molecule has 1 aliphatic carbocycles. The standard InChI is InChI=1S/C20H21NO2/c1-15(2)14-23-20(22)18(13-21)19(16-9-5-3-6-10-16)17-11-7-4-8-12-17/h3,5-7,9-12,15H,4,8,14H2,1-2H3/b19-18-. The van der Waals surface area contributed by atoms with E-state index in [0.29, 0.717) is 12.2 Å². The minimum Gasteiger partial charge on any atom is -0.461 e. The first kappa shape index (κ1) is 16.8. The molecule has 0 N–H and O–H groups in total. The lowest BCUT2D eigenvalue weighted by molar-refractivity contribution is -0.139. The van der Waals surface area contributed by atoms with Gasteiger partial charge in [-0.05, 0) is 29.9 Å². The van der Waals surface area contributed by atoms with Crippen molar-refractivity contribution >= 4 is 11.5 Å². The largest absolute Gasteiger partial charge is 0.461 e. The van der Waals surface area contributed by atoms with Gasteiger partial charge in [-0.3, -0.25) is 0 Å². The Hall–Kier alpha value is -2.60. The van der Waals surface area contributed by atoms with E-state index in [-0.39, 0.29) is 11.5 Å². The van der Waals surface area contributed by atoms with Gasteiger partial charge in [-0.15, -0.1) is 0 Å². The summed E-state index contributed by atoms with van der Waals surface area (Å²) in [6.45, 7) is 4.24. The van der Waals surface area contributed by atoms with Crippen LogP contribution in [0, 0.1) is 17.2 Å². The van der Waals surface area contributed by atoms with Crippen LogP contribution in [-0.2, 0) is 9.53 Å². The number of hydrogen-bond donors (Lipinski definition) is 0. The van der Waals surface area contributed by atoms with Gasteiger partial charge in [0.05, 0.1) is 6.61 Å². The van der Waals surface area contributed by atoms with Crippen LogP contribution in [0.1, 0.15) is 32.3 Å². The van der Waals surface area contributed by atoms with Crippen LogP contribution < -0.4 is 0 Å². The SMILES string of the molecule is CC(C)COC(=O)/C(C#N)=C(\C1=CCCC=C1)c1ccccc1.